The second kappa shape index (κ2) is 8.40. The number of carbonyl (C=O) groups excluding carboxylic acids is 1. The lowest BCUT2D eigenvalue weighted by molar-refractivity contribution is -0.134. The van der Waals surface area contributed by atoms with E-state index in [1.807, 2.05) is 6.07 Å². The van der Waals surface area contributed by atoms with Gasteiger partial charge in [0.2, 0.25) is 5.91 Å². The van der Waals surface area contributed by atoms with Gasteiger partial charge in [0.25, 0.3) is 10.0 Å². The molecule has 0 radical (unpaired) electrons. The van der Waals surface area contributed by atoms with E-state index in [0.717, 1.165) is 5.56 Å². The number of carbonyl (C=O) groups is 1. The first-order valence-electron chi connectivity index (χ1n) is 9.11. The quantitative estimate of drug-likeness (QED) is 0.646. The van der Waals surface area contributed by atoms with E-state index in [1.54, 1.807) is 40.8 Å². The van der Waals surface area contributed by atoms with Crippen LogP contribution in [0.3, 0.4) is 0 Å². The Morgan fingerprint density at radius 3 is 2.55 bits per heavy atom. The number of nitrogens with zero attached hydrogens (tertiary/aromatic N) is 1. The Morgan fingerprint density at radius 1 is 1.10 bits per heavy atom. The zero-order chi connectivity index (χ0) is 20.3. The molecule has 0 aliphatic carbocycles. The number of ether oxygens (including phenoxy) is 1. The Labute approximate surface area is 173 Å². The summed E-state index contributed by atoms with van der Waals surface area (Å²) in [6.07, 6.45) is 1.73. The van der Waals surface area contributed by atoms with Crippen LogP contribution in [-0.2, 0) is 26.0 Å². The van der Waals surface area contributed by atoms with Gasteiger partial charge in [-0.25, -0.2) is 8.42 Å². The van der Waals surface area contributed by atoms with Crippen molar-refractivity contribution in [3.8, 4) is 11.3 Å². The number of hydrogen-bond donors (Lipinski definition) is 1. The minimum absolute atomic E-state index is 0.0287. The van der Waals surface area contributed by atoms with Gasteiger partial charge in [0.05, 0.1) is 36.5 Å². The van der Waals surface area contributed by atoms with Crippen LogP contribution >= 0.6 is 11.3 Å². The van der Waals surface area contributed by atoms with Crippen LogP contribution in [0.4, 0.5) is 5.69 Å². The molecule has 7 nitrogen and oxygen atoms in total. The van der Waals surface area contributed by atoms with E-state index in [9.17, 15) is 13.2 Å². The predicted molar refractivity (Wildman–Crippen MR) is 110 cm³/mol. The molecule has 0 unspecified atom stereocenters. The fraction of sp³-hybridized carbons (Fsp3) is 0.250. The maximum absolute atomic E-state index is 12.8. The molecule has 29 heavy (non-hydrogen) atoms. The second-order valence-electron chi connectivity index (χ2n) is 6.53. The lowest BCUT2D eigenvalue weighted by Gasteiger charge is -2.26. The number of morpholine rings is 1. The minimum Gasteiger partial charge on any atom is -0.464 e. The van der Waals surface area contributed by atoms with Crippen molar-refractivity contribution in [3.05, 3.63) is 59.0 Å². The lowest BCUT2D eigenvalue weighted by Crippen LogP contribution is -2.41. The number of sulfonamides is 1. The molecule has 1 aromatic carbocycles. The standard InChI is InChI=1S/C20H20N2O5S2/c23-20(22-8-11-26-12-9-22)14-19-17(7-13-28-19)21-29(24,25)16-5-3-15(4-6-16)18-2-1-10-27-18/h1-7,10,13,21H,8-9,11-12,14H2. The maximum Gasteiger partial charge on any atom is 0.261 e. The highest BCUT2D eigenvalue weighted by Gasteiger charge is 2.21. The first-order chi connectivity index (χ1) is 14.0. The third kappa shape index (κ3) is 4.52. The number of furan rings is 1. The summed E-state index contributed by atoms with van der Waals surface area (Å²) in [5.74, 6) is 0.641. The van der Waals surface area contributed by atoms with Crippen LogP contribution in [0.1, 0.15) is 4.88 Å². The summed E-state index contributed by atoms with van der Waals surface area (Å²) < 4.78 is 38.8. The summed E-state index contributed by atoms with van der Waals surface area (Å²) in [5, 5.41) is 1.78. The molecule has 0 bridgehead atoms. The Balaban J connectivity index is 1.47. The maximum atomic E-state index is 12.8. The molecule has 1 saturated heterocycles. The molecule has 1 fully saturated rings. The van der Waals surface area contributed by atoms with Crippen molar-refractivity contribution in [3.63, 3.8) is 0 Å². The number of nitrogens with one attached hydrogen (secondary N) is 1. The molecule has 152 valence electrons. The van der Waals surface area contributed by atoms with Gasteiger partial charge in [-0.15, -0.1) is 11.3 Å². The zero-order valence-electron chi connectivity index (χ0n) is 15.5. The molecule has 0 atom stereocenters. The largest absolute Gasteiger partial charge is 0.464 e. The molecule has 0 saturated carbocycles. The fourth-order valence-corrected chi connectivity index (χ4v) is 5.05. The molecule has 1 amide bonds. The van der Waals surface area contributed by atoms with Gasteiger partial charge in [-0.05, 0) is 47.8 Å². The van der Waals surface area contributed by atoms with E-state index in [0.29, 0.717) is 42.6 Å². The molecule has 1 aliphatic rings. The van der Waals surface area contributed by atoms with Crippen LogP contribution in [-0.4, -0.2) is 45.5 Å². The van der Waals surface area contributed by atoms with Gasteiger partial charge in [0.15, 0.2) is 0 Å². The fourth-order valence-electron chi connectivity index (χ4n) is 3.08. The molecule has 3 aromatic rings. The average molecular weight is 433 g/mol. The predicted octanol–water partition coefficient (Wildman–Crippen LogP) is 3.21. The summed E-state index contributed by atoms with van der Waals surface area (Å²) in [4.78, 5) is 15.1. The third-order valence-electron chi connectivity index (χ3n) is 4.64. The van der Waals surface area contributed by atoms with Crippen LogP contribution < -0.4 is 4.72 Å². The van der Waals surface area contributed by atoms with Crippen molar-refractivity contribution in [2.75, 3.05) is 31.0 Å². The van der Waals surface area contributed by atoms with Gasteiger partial charge in [-0.1, -0.05) is 0 Å². The number of amides is 1. The van der Waals surface area contributed by atoms with E-state index >= 15 is 0 Å². The van der Waals surface area contributed by atoms with Crippen molar-refractivity contribution in [1.82, 2.24) is 4.90 Å². The van der Waals surface area contributed by atoms with Crippen LogP contribution in [0.15, 0.2) is 63.4 Å². The van der Waals surface area contributed by atoms with E-state index in [-0.39, 0.29) is 17.2 Å². The summed E-state index contributed by atoms with van der Waals surface area (Å²) in [6.45, 7) is 2.19. The topological polar surface area (TPSA) is 88.8 Å². The lowest BCUT2D eigenvalue weighted by atomic mass is 10.2. The highest BCUT2D eigenvalue weighted by molar-refractivity contribution is 7.92. The third-order valence-corrected chi connectivity index (χ3v) is 6.94. The average Bonchev–Trinajstić information content (AvgIpc) is 3.41. The summed E-state index contributed by atoms with van der Waals surface area (Å²) in [6, 6.07) is 11.7. The molecule has 1 aliphatic heterocycles. The second-order valence-corrected chi connectivity index (χ2v) is 9.22. The molecule has 9 heteroatoms. The molecule has 1 N–H and O–H groups in total. The van der Waals surface area contributed by atoms with Crippen LogP contribution in [0.25, 0.3) is 11.3 Å². The van der Waals surface area contributed by atoms with Crippen molar-refractivity contribution in [2.45, 2.75) is 11.3 Å². The SMILES string of the molecule is O=C(Cc1sccc1NS(=O)(=O)c1ccc(-c2ccco2)cc1)N1CCOCC1. The molecule has 4 rings (SSSR count). The Bertz CT molecular complexity index is 1070. The number of rotatable bonds is 6. The molecule has 2 aromatic heterocycles. The van der Waals surface area contributed by atoms with Crippen LogP contribution in [0.2, 0.25) is 0 Å². The van der Waals surface area contributed by atoms with Gasteiger partial charge in [-0.2, -0.15) is 0 Å². The van der Waals surface area contributed by atoms with Crippen molar-refractivity contribution in [1.29, 1.82) is 0 Å². The highest BCUT2D eigenvalue weighted by atomic mass is 32.2. The van der Waals surface area contributed by atoms with Crippen molar-refractivity contribution >= 4 is 33.0 Å². The Kier molecular flexibility index (Phi) is 5.70. The van der Waals surface area contributed by atoms with E-state index < -0.39 is 10.0 Å². The monoisotopic (exact) mass is 432 g/mol. The Hall–Kier alpha value is -2.62. The summed E-state index contributed by atoms with van der Waals surface area (Å²) in [7, 11) is -3.77. The van der Waals surface area contributed by atoms with E-state index in [2.05, 4.69) is 4.72 Å². The first-order valence-corrected chi connectivity index (χ1v) is 11.5. The van der Waals surface area contributed by atoms with Crippen LogP contribution in [0.5, 0.6) is 0 Å². The number of anilines is 1. The van der Waals surface area contributed by atoms with Crippen LogP contribution in [0, 0.1) is 0 Å². The number of thiophene rings is 1. The number of benzene rings is 1. The van der Waals surface area contributed by atoms with Gasteiger partial charge in [0, 0.05) is 23.5 Å². The number of hydrogen-bond acceptors (Lipinski definition) is 6. The van der Waals surface area contributed by atoms with Gasteiger partial charge in [-0.3, -0.25) is 9.52 Å². The first kappa shape index (κ1) is 19.7. The van der Waals surface area contributed by atoms with Crippen molar-refractivity contribution in [2.24, 2.45) is 0 Å². The van der Waals surface area contributed by atoms with Gasteiger partial charge < -0.3 is 14.1 Å². The van der Waals surface area contributed by atoms with Gasteiger partial charge in [0.1, 0.15) is 5.76 Å². The zero-order valence-corrected chi connectivity index (χ0v) is 17.2. The molecular formula is C20H20N2O5S2. The van der Waals surface area contributed by atoms with Gasteiger partial charge >= 0.3 is 0 Å². The molecule has 0 spiro atoms. The molecular weight excluding hydrogens is 412 g/mol. The Morgan fingerprint density at radius 2 is 1.86 bits per heavy atom. The minimum atomic E-state index is -3.77. The smallest absolute Gasteiger partial charge is 0.261 e. The summed E-state index contributed by atoms with van der Waals surface area (Å²) >= 11 is 1.36. The molecule has 3 heterocycles. The highest BCUT2D eigenvalue weighted by Crippen LogP contribution is 2.27. The van der Waals surface area contributed by atoms with E-state index in [1.165, 1.54) is 23.5 Å². The normalized spacial score (nSPS) is 14.7. The van der Waals surface area contributed by atoms with E-state index in [4.69, 9.17) is 9.15 Å². The van der Waals surface area contributed by atoms with Crippen molar-refractivity contribution < 1.29 is 22.4 Å². The summed E-state index contributed by atoms with van der Waals surface area (Å²) in [5.41, 5.74) is 1.23.